The molecule has 2 rings (SSSR count). The van der Waals surface area contributed by atoms with Crippen molar-refractivity contribution in [1.29, 1.82) is 10.5 Å². The summed E-state index contributed by atoms with van der Waals surface area (Å²) in [6.45, 7) is 3.78. The molecule has 0 radical (unpaired) electrons. The SMILES string of the molecule is Cc1ccc(CNC(=O)C(C#N)C(=O)c2ccc(C#N)c(C)n2)cc1. The lowest BCUT2D eigenvalue weighted by Gasteiger charge is -2.10. The summed E-state index contributed by atoms with van der Waals surface area (Å²) in [6, 6.07) is 14.0. The Kier molecular flexibility index (Phi) is 5.60. The lowest BCUT2D eigenvalue weighted by atomic mass is 10.0. The Bertz CT molecular complexity index is 889. The Morgan fingerprint density at radius 3 is 2.36 bits per heavy atom. The number of aromatic nitrogens is 1. The summed E-state index contributed by atoms with van der Waals surface area (Å²) in [5.41, 5.74) is 2.69. The molecule has 1 aromatic carbocycles. The number of ketones is 1. The van der Waals surface area contributed by atoms with Crippen LogP contribution in [0.2, 0.25) is 0 Å². The second kappa shape index (κ2) is 7.85. The highest BCUT2D eigenvalue weighted by atomic mass is 16.2. The third-order valence-corrected chi connectivity index (χ3v) is 3.70. The zero-order valence-electron chi connectivity index (χ0n) is 13.9. The number of nitrogens with one attached hydrogen (secondary N) is 1. The van der Waals surface area contributed by atoms with E-state index in [1.165, 1.54) is 12.1 Å². The minimum atomic E-state index is -1.48. The highest BCUT2D eigenvalue weighted by Crippen LogP contribution is 2.11. The molecule has 1 amide bonds. The number of amides is 1. The van der Waals surface area contributed by atoms with Gasteiger partial charge in [0.15, 0.2) is 5.92 Å². The van der Waals surface area contributed by atoms with Gasteiger partial charge in [-0.15, -0.1) is 0 Å². The maximum absolute atomic E-state index is 12.4. The van der Waals surface area contributed by atoms with Crippen molar-refractivity contribution in [2.45, 2.75) is 20.4 Å². The van der Waals surface area contributed by atoms with Crippen molar-refractivity contribution in [2.24, 2.45) is 5.92 Å². The minimum absolute atomic E-state index is 0.00599. The third-order valence-electron chi connectivity index (χ3n) is 3.70. The molecule has 0 spiro atoms. The van der Waals surface area contributed by atoms with E-state index in [1.54, 1.807) is 13.0 Å². The monoisotopic (exact) mass is 332 g/mol. The Hall–Kier alpha value is -3.51. The average Bonchev–Trinajstić information content (AvgIpc) is 2.61. The number of carbonyl (C=O) groups is 2. The number of hydrogen-bond acceptors (Lipinski definition) is 5. The van der Waals surface area contributed by atoms with Gasteiger partial charge in [-0.2, -0.15) is 10.5 Å². The van der Waals surface area contributed by atoms with Crippen LogP contribution in [0.15, 0.2) is 36.4 Å². The van der Waals surface area contributed by atoms with Gasteiger partial charge in [0.25, 0.3) is 0 Å². The predicted octanol–water partition coefficient (Wildman–Crippen LogP) is 2.21. The van der Waals surface area contributed by atoms with E-state index >= 15 is 0 Å². The van der Waals surface area contributed by atoms with Gasteiger partial charge in [-0.05, 0) is 31.5 Å². The molecule has 0 saturated heterocycles. The molecular formula is C19H16N4O2. The van der Waals surface area contributed by atoms with Gasteiger partial charge in [0.1, 0.15) is 11.8 Å². The fourth-order valence-electron chi connectivity index (χ4n) is 2.20. The molecule has 1 atom stereocenters. The highest BCUT2D eigenvalue weighted by molar-refractivity contribution is 6.11. The van der Waals surface area contributed by atoms with E-state index in [2.05, 4.69) is 10.3 Å². The Labute approximate surface area is 145 Å². The molecule has 0 aliphatic rings. The largest absolute Gasteiger partial charge is 0.350 e. The van der Waals surface area contributed by atoms with Crippen molar-refractivity contribution >= 4 is 11.7 Å². The van der Waals surface area contributed by atoms with Crippen molar-refractivity contribution in [3.63, 3.8) is 0 Å². The van der Waals surface area contributed by atoms with Gasteiger partial charge in [0.2, 0.25) is 11.7 Å². The molecule has 6 heteroatoms. The summed E-state index contributed by atoms with van der Waals surface area (Å²) < 4.78 is 0. The molecule has 0 fully saturated rings. The van der Waals surface area contributed by atoms with Crippen LogP contribution in [-0.4, -0.2) is 16.7 Å². The van der Waals surface area contributed by atoms with Crippen LogP contribution >= 0.6 is 0 Å². The molecule has 0 saturated carbocycles. The van der Waals surface area contributed by atoms with Crippen molar-refractivity contribution in [3.05, 3.63) is 64.5 Å². The molecule has 2 aromatic rings. The van der Waals surface area contributed by atoms with E-state index < -0.39 is 17.6 Å². The zero-order valence-corrected chi connectivity index (χ0v) is 13.9. The van der Waals surface area contributed by atoms with Crippen molar-refractivity contribution in [1.82, 2.24) is 10.3 Å². The minimum Gasteiger partial charge on any atom is -0.350 e. The van der Waals surface area contributed by atoms with Crippen LogP contribution < -0.4 is 5.32 Å². The molecule has 124 valence electrons. The molecule has 6 nitrogen and oxygen atoms in total. The standard InChI is InChI=1S/C19H16N4O2/c1-12-3-5-14(6-4-12)11-22-19(25)16(10-21)18(24)17-8-7-15(9-20)13(2)23-17/h3-8,16H,11H2,1-2H3,(H,22,25). The van der Waals surface area contributed by atoms with Gasteiger partial charge in [0, 0.05) is 6.54 Å². The van der Waals surface area contributed by atoms with Crippen molar-refractivity contribution in [3.8, 4) is 12.1 Å². The number of carbonyl (C=O) groups excluding carboxylic acids is 2. The summed E-state index contributed by atoms with van der Waals surface area (Å²) in [5, 5.41) is 20.7. The summed E-state index contributed by atoms with van der Waals surface area (Å²) in [7, 11) is 0. The Morgan fingerprint density at radius 1 is 1.12 bits per heavy atom. The Balaban J connectivity index is 2.10. The van der Waals surface area contributed by atoms with E-state index in [9.17, 15) is 14.9 Å². The normalized spacial score (nSPS) is 11.0. The van der Waals surface area contributed by atoms with E-state index in [4.69, 9.17) is 5.26 Å². The van der Waals surface area contributed by atoms with Gasteiger partial charge in [0.05, 0.1) is 17.3 Å². The topological polar surface area (TPSA) is 107 Å². The van der Waals surface area contributed by atoms with Crippen molar-refractivity contribution in [2.75, 3.05) is 0 Å². The fraction of sp³-hybridized carbons (Fsp3) is 0.211. The number of aryl methyl sites for hydroxylation is 2. The smallest absolute Gasteiger partial charge is 0.245 e. The second-order valence-corrected chi connectivity index (χ2v) is 5.57. The molecular weight excluding hydrogens is 316 g/mol. The fourth-order valence-corrected chi connectivity index (χ4v) is 2.20. The van der Waals surface area contributed by atoms with Crippen LogP contribution in [0.1, 0.15) is 32.9 Å². The number of Topliss-reactive ketones (excluding diaryl/α,β-unsaturated/α-hetero) is 1. The maximum Gasteiger partial charge on any atom is 0.245 e. The second-order valence-electron chi connectivity index (χ2n) is 5.57. The lowest BCUT2D eigenvalue weighted by molar-refractivity contribution is -0.122. The van der Waals surface area contributed by atoms with Gasteiger partial charge in [-0.3, -0.25) is 9.59 Å². The average molecular weight is 332 g/mol. The summed E-state index contributed by atoms with van der Waals surface area (Å²) in [4.78, 5) is 28.6. The Morgan fingerprint density at radius 2 is 1.80 bits per heavy atom. The number of rotatable bonds is 5. The molecule has 1 N–H and O–H groups in total. The van der Waals surface area contributed by atoms with Gasteiger partial charge in [-0.1, -0.05) is 29.8 Å². The first-order valence-electron chi connectivity index (χ1n) is 7.61. The number of nitriles is 2. The summed E-state index contributed by atoms with van der Waals surface area (Å²) in [6.07, 6.45) is 0. The molecule has 1 unspecified atom stereocenters. The van der Waals surface area contributed by atoms with Crippen LogP contribution in [0.25, 0.3) is 0 Å². The third kappa shape index (κ3) is 4.27. The van der Waals surface area contributed by atoms with Crippen molar-refractivity contribution < 1.29 is 9.59 Å². The zero-order chi connectivity index (χ0) is 18.4. The van der Waals surface area contributed by atoms with E-state index in [0.29, 0.717) is 11.3 Å². The first kappa shape index (κ1) is 17.8. The van der Waals surface area contributed by atoms with E-state index in [0.717, 1.165) is 11.1 Å². The quantitative estimate of drug-likeness (QED) is 0.667. The summed E-state index contributed by atoms with van der Waals surface area (Å²) in [5.74, 6) is -2.83. The van der Waals surface area contributed by atoms with Crippen LogP contribution in [0, 0.1) is 42.4 Å². The predicted molar refractivity (Wildman–Crippen MR) is 90.1 cm³/mol. The molecule has 1 heterocycles. The van der Waals surface area contributed by atoms with Crippen LogP contribution in [0.3, 0.4) is 0 Å². The molecule has 0 bridgehead atoms. The molecule has 0 aliphatic heterocycles. The molecule has 1 aromatic heterocycles. The number of pyridine rings is 1. The first-order chi connectivity index (χ1) is 12.0. The highest BCUT2D eigenvalue weighted by Gasteiger charge is 2.28. The molecule has 0 aliphatic carbocycles. The summed E-state index contributed by atoms with van der Waals surface area (Å²) >= 11 is 0. The molecule has 25 heavy (non-hydrogen) atoms. The van der Waals surface area contributed by atoms with Crippen LogP contribution in [0.4, 0.5) is 0 Å². The first-order valence-corrected chi connectivity index (χ1v) is 7.61. The number of hydrogen-bond donors (Lipinski definition) is 1. The lowest BCUT2D eigenvalue weighted by Crippen LogP contribution is -2.34. The number of nitrogens with zero attached hydrogens (tertiary/aromatic N) is 3. The van der Waals surface area contributed by atoms with E-state index in [-0.39, 0.29) is 12.2 Å². The van der Waals surface area contributed by atoms with Gasteiger partial charge in [-0.25, -0.2) is 4.98 Å². The van der Waals surface area contributed by atoms with Crippen LogP contribution in [0.5, 0.6) is 0 Å². The van der Waals surface area contributed by atoms with E-state index in [1.807, 2.05) is 37.3 Å². The maximum atomic E-state index is 12.4. The van der Waals surface area contributed by atoms with Crippen LogP contribution in [-0.2, 0) is 11.3 Å². The van der Waals surface area contributed by atoms with Gasteiger partial charge >= 0.3 is 0 Å². The van der Waals surface area contributed by atoms with Gasteiger partial charge < -0.3 is 5.32 Å². The number of benzene rings is 1.